The molecule has 87 heavy (non-hydrogen) atoms. The van der Waals surface area contributed by atoms with E-state index in [0.29, 0.717) is 17.4 Å². The summed E-state index contributed by atoms with van der Waals surface area (Å²) in [6.07, 6.45) is 97.6. The van der Waals surface area contributed by atoms with Crippen LogP contribution in [-0.2, 0) is 18.4 Å². The minimum atomic E-state index is -4.37. The van der Waals surface area contributed by atoms with Gasteiger partial charge >= 0.3 is 7.82 Å². The average Bonchev–Trinajstić information content (AvgIpc) is 3.71. The lowest BCUT2D eigenvalue weighted by Gasteiger charge is -2.25. The summed E-state index contributed by atoms with van der Waals surface area (Å²) in [6.45, 7) is 4.72. The first-order valence-corrected chi connectivity index (χ1v) is 39.0. The first-order chi connectivity index (χ1) is 42.5. The lowest BCUT2D eigenvalue weighted by Crippen LogP contribution is -2.45. The van der Waals surface area contributed by atoms with Crippen LogP contribution in [0.3, 0.4) is 0 Å². The van der Waals surface area contributed by atoms with Crippen LogP contribution in [0.5, 0.6) is 0 Å². The third-order valence-electron chi connectivity index (χ3n) is 16.8. The fourth-order valence-corrected chi connectivity index (χ4v) is 11.8. The van der Waals surface area contributed by atoms with E-state index in [1.165, 1.54) is 263 Å². The molecule has 8 nitrogen and oxygen atoms in total. The lowest BCUT2D eigenvalue weighted by molar-refractivity contribution is -0.870. The second-order valence-electron chi connectivity index (χ2n) is 26.6. The number of carbonyl (C=O) groups excluding carboxylic acids is 1. The number of phosphoric acid groups is 1. The highest BCUT2D eigenvalue weighted by Gasteiger charge is 2.28. The Morgan fingerprint density at radius 2 is 0.701 bits per heavy atom. The minimum absolute atomic E-state index is 0.0524. The van der Waals surface area contributed by atoms with Crippen LogP contribution >= 0.6 is 7.82 Å². The van der Waals surface area contributed by atoms with Crippen molar-refractivity contribution < 1.29 is 32.9 Å². The molecular weight excluding hydrogens is 1090 g/mol. The molecule has 0 aromatic rings. The van der Waals surface area contributed by atoms with Crippen LogP contribution in [0.2, 0.25) is 0 Å². The number of rotatable bonds is 69. The monoisotopic (exact) mass is 1240 g/mol. The van der Waals surface area contributed by atoms with Crippen molar-refractivity contribution in [2.75, 3.05) is 40.9 Å². The molecule has 0 radical (unpaired) electrons. The quantitative estimate of drug-likeness (QED) is 0.0243. The molecule has 0 spiro atoms. The molecule has 0 aliphatic rings. The number of aliphatic hydroxyl groups is 1. The largest absolute Gasteiger partial charge is 0.472 e. The van der Waals surface area contributed by atoms with E-state index in [9.17, 15) is 19.4 Å². The van der Waals surface area contributed by atoms with Crippen molar-refractivity contribution in [3.63, 3.8) is 0 Å². The number of allylic oxidation sites excluding steroid dienone is 13. The maximum atomic E-state index is 13.1. The van der Waals surface area contributed by atoms with Crippen LogP contribution < -0.4 is 5.32 Å². The Hall–Kier alpha value is -2.32. The fourth-order valence-electron chi connectivity index (χ4n) is 11.1. The summed E-state index contributed by atoms with van der Waals surface area (Å²) < 4.78 is 23.8. The number of amides is 1. The van der Waals surface area contributed by atoms with Crippen LogP contribution in [0.25, 0.3) is 0 Å². The maximum absolute atomic E-state index is 13.1. The fraction of sp³-hybridized carbons (Fsp3) is 0.808. The smallest absolute Gasteiger partial charge is 0.387 e. The molecule has 0 heterocycles. The third-order valence-corrected chi connectivity index (χ3v) is 17.8. The van der Waals surface area contributed by atoms with E-state index in [-0.39, 0.29) is 19.1 Å². The minimum Gasteiger partial charge on any atom is -0.387 e. The number of nitrogens with one attached hydrogen (secondary N) is 1. The molecule has 0 rings (SSSR count). The van der Waals surface area contributed by atoms with Crippen LogP contribution in [0.4, 0.5) is 0 Å². The standard InChI is InChI=1S/C78H145N2O6P/c1-6-8-10-12-14-16-18-20-22-24-26-28-30-32-34-36-38-40-42-44-46-48-50-52-54-56-58-60-62-64-66-68-70-72-78(82)79-76(75-86-87(83,84)85-74-73-80(3,4)5)77(81)71-69-67-65-63-61-59-57-55-53-51-49-47-45-43-41-39-37-35-33-31-29-27-25-23-21-19-17-15-13-11-9-7-2/h8,10,14,16,20,22,26,28,53,55,61,63,69,71,76-77,81H,6-7,9,11-13,15,17-19,21,23-25,27,29-52,54,56-60,62,64-68,70,72-75H2,1-5H3,(H-,79,82,83,84)/p+1/b10-8-,16-14-,22-20-,28-26-,55-53+,63-61+,71-69+. The van der Waals surface area contributed by atoms with Crippen LogP contribution in [0.15, 0.2) is 85.1 Å². The summed E-state index contributed by atoms with van der Waals surface area (Å²) >= 11 is 0. The number of carbonyl (C=O) groups is 1. The number of nitrogens with zero attached hydrogens (tertiary/aromatic N) is 1. The molecular formula is C78H146N2O6P+. The number of hydrogen-bond acceptors (Lipinski definition) is 5. The molecule has 9 heteroatoms. The van der Waals surface area contributed by atoms with Gasteiger partial charge in [-0.1, -0.05) is 349 Å². The van der Waals surface area contributed by atoms with Crippen LogP contribution in [-0.4, -0.2) is 73.4 Å². The Morgan fingerprint density at radius 1 is 0.402 bits per heavy atom. The Labute approximate surface area is 541 Å². The molecule has 508 valence electrons. The van der Waals surface area contributed by atoms with Crippen molar-refractivity contribution >= 4 is 13.7 Å². The van der Waals surface area contributed by atoms with Gasteiger partial charge in [-0.25, -0.2) is 4.57 Å². The maximum Gasteiger partial charge on any atom is 0.472 e. The molecule has 3 unspecified atom stereocenters. The van der Waals surface area contributed by atoms with Gasteiger partial charge in [0.1, 0.15) is 13.2 Å². The summed E-state index contributed by atoms with van der Waals surface area (Å²) in [5, 5.41) is 14.0. The second kappa shape index (κ2) is 68.1. The summed E-state index contributed by atoms with van der Waals surface area (Å²) in [5.74, 6) is -0.187. The van der Waals surface area contributed by atoms with Crippen molar-refractivity contribution in [1.29, 1.82) is 0 Å². The molecule has 0 fully saturated rings. The van der Waals surface area contributed by atoms with Gasteiger partial charge in [0.05, 0.1) is 39.9 Å². The predicted octanol–water partition coefficient (Wildman–Crippen LogP) is 24.3. The second-order valence-corrected chi connectivity index (χ2v) is 28.1. The molecule has 3 atom stereocenters. The van der Waals surface area contributed by atoms with Crippen molar-refractivity contribution in [3.8, 4) is 0 Å². The number of aliphatic hydroxyl groups excluding tert-OH is 1. The molecule has 0 aromatic carbocycles. The molecule has 0 bridgehead atoms. The van der Waals surface area contributed by atoms with Crippen molar-refractivity contribution in [2.45, 2.75) is 366 Å². The Bertz CT molecular complexity index is 1700. The number of phosphoric ester groups is 1. The first-order valence-electron chi connectivity index (χ1n) is 37.5. The normalized spacial score (nSPS) is 14.1. The van der Waals surface area contributed by atoms with Gasteiger partial charge in [0.15, 0.2) is 0 Å². The van der Waals surface area contributed by atoms with Crippen LogP contribution in [0, 0.1) is 0 Å². The Balaban J connectivity index is 4.07. The summed E-state index contributed by atoms with van der Waals surface area (Å²) in [6, 6.07) is -0.875. The number of quaternary nitrogens is 1. The molecule has 3 N–H and O–H groups in total. The van der Waals surface area contributed by atoms with Crippen molar-refractivity contribution in [1.82, 2.24) is 5.32 Å². The van der Waals surface area contributed by atoms with E-state index >= 15 is 0 Å². The zero-order valence-electron chi connectivity index (χ0n) is 58.3. The number of likely N-dealkylation sites (N-methyl/N-ethyl adjacent to an activating group) is 1. The highest BCUT2D eigenvalue weighted by atomic mass is 31.2. The topological polar surface area (TPSA) is 105 Å². The Kier molecular flexibility index (Phi) is 66.2. The molecule has 0 saturated carbocycles. The summed E-state index contributed by atoms with van der Waals surface area (Å²) in [7, 11) is 1.55. The Morgan fingerprint density at radius 3 is 1.06 bits per heavy atom. The van der Waals surface area contributed by atoms with E-state index in [1.54, 1.807) is 6.08 Å². The number of hydrogen-bond donors (Lipinski definition) is 3. The van der Waals surface area contributed by atoms with Gasteiger partial charge in [0.25, 0.3) is 0 Å². The van der Waals surface area contributed by atoms with E-state index < -0.39 is 20.0 Å². The molecule has 0 aliphatic heterocycles. The highest BCUT2D eigenvalue weighted by molar-refractivity contribution is 7.47. The van der Waals surface area contributed by atoms with Gasteiger partial charge in [-0.2, -0.15) is 0 Å². The molecule has 0 saturated heterocycles. The average molecular weight is 1240 g/mol. The molecule has 1 amide bonds. The summed E-state index contributed by atoms with van der Waals surface area (Å²) in [5.41, 5.74) is 0. The van der Waals surface area contributed by atoms with Gasteiger partial charge in [-0.15, -0.1) is 0 Å². The third kappa shape index (κ3) is 71.0. The predicted molar refractivity (Wildman–Crippen MR) is 383 cm³/mol. The SMILES string of the molecule is CC/C=C\C/C=C\C/C=C\C/C=C\CCCCCCCCCCCCCCCCCCCCCCC(=O)NC(COP(=O)(O)OCC[N+](C)(C)C)C(O)/C=C/CC/C=C/CC/C=C/CCCCCCCCCCCCCCCCCCCCCCCC. The zero-order chi connectivity index (χ0) is 63.4. The van der Waals surface area contributed by atoms with Gasteiger partial charge in [0.2, 0.25) is 5.91 Å². The van der Waals surface area contributed by atoms with E-state index in [1.807, 2.05) is 27.2 Å². The van der Waals surface area contributed by atoms with Gasteiger partial charge in [0, 0.05) is 6.42 Å². The van der Waals surface area contributed by atoms with Crippen molar-refractivity contribution in [2.24, 2.45) is 0 Å². The van der Waals surface area contributed by atoms with Gasteiger partial charge < -0.3 is 19.8 Å². The van der Waals surface area contributed by atoms with E-state index in [4.69, 9.17) is 9.05 Å². The van der Waals surface area contributed by atoms with E-state index in [0.717, 1.165) is 70.6 Å². The lowest BCUT2D eigenvalue weighted by atomic mass is 10.0. The molecule has 0 aliphatic carbocycles. The zero-order valence-corrected chi connectivity index (χ0v) is 59.2. The molecule has 0 aromatic heterocycles. The van der Waals surface area contributed by atoms with Gasteiger partial charge in [-0.3, -0.25) is 13.8 Å². The van der Waals surface area contributed by atoms with Crippen LogP contribution in [0.1, 0.15) is 354 Å². The van der Waals surface area contributed by atoms with Crippen molar-refractivity contribution in [3.05, 3.63) is 85.1 Å². The van der Waals surface area contributed by atoms with E-state index in [2.05, 4.69) is 92.1 Å². The number of unbranched alkanes of at least 4 members (excludes halogenated alkanes) is 44. The summed E-state index contributed by atoms with van der Waals surface area (Å²) in [4.78, 5) is 23.4. The van der Waals surface area contributed by atoms with Gasteiger partial charge in [-0.05, 0) is 83.5 Å². The first kappa shape index (κ1) is 84.7. The highest BCUT2D eigenvalue weighted by Crippen LogP contribution is 2.43.